The fourth-order valence-corrected chi connectivity index (χ4v) is 7.71. The van der Waals surface area contributed by atoms with Gasteiger partial charge in [-0.15, -0.1) is 0 Å². The van der Waals surface area contributed by atoms with Gasteiger partial charge in [0, 0.05) is 20.1 Å². The molecule has 2 unspecified atom stereocenters. The average Bonchev–Trinajstić information content (AvgIpc) is 3.40. The van der Waals surface area contributed by atoms with Crippen LogP contribution in [-0.4, -0.2) is 67.6 Å². The second-order valence-electron chi connectivity index (χ2n) is 11.0. The molecule has 4 rings (SSSR count). The van der Waals surface area contributed by atoms with E-state index < -0.39 is 28.1 Å². The number of thiazole rings is 1. The summed E-state index contributed by atoms with van der Waals surface area (Å²) in [5.74, 6) is 0.215. The van der Waals surface area contributed by atoms with Crippen LogP contribution in [0.2, 0.25) is 0 Å². The Morgan fingerprint density at radius 3 is 2.40 bits per heavy atom. The number of hydrogen-bond donors (Lipinski definition) is 3. The summed E-state index contributed by atoms with van der Waals surface area (Å²) in [6, 6.07) is 19.2. The van der Waals surface area contributed by atoms with Gasteiger partial charge >= 0.3 is 0 Å². The zero-order chi connectivity index (χ0) is 31.1. The maximum atomic E-state index is 14.3. The van der Waals surface area contributed by atoms with Gasteiger partial charge in [-0.3, -0.25) is 4.79 Å². The van der Waals surface area contributed by atoms with Gasteiger partial charge in [-0.1, -0.05) is 73.7 Å². The number of aryl methyl sites for hydroxylation is 2. The molecule has 0 aliphatic heterocycles. The highest BCUT2D eigenvalue weighted by molar-refractivity contribution is 7.89. The lowest BCUT2D eigenvalue weighted by Gasteiger charge is -2.35. The molecule has 4 aromatic rings. The molecule has 0 saturated carbocycles. The van der Waals surface area contributed by atoms with Gasteiger partial charge in [-0.25, -0.2) is 13.4 Å². The first-order valence-electron chi connectivity index (χ1n) is 14.3. The highest BCUT2D eigenvalue weighted by Crippen LogP contribution is 2.31. The molecule has 3 N–H and O–H groups in total. The SMILES string of the molecule is CNc1nc2ccc(S(=O)(=O)N(CC(C)C)C(Cc3ccccc3)C(O)CNC(=O)COc3c(C)cccc3C)cc2s1. The molecule has 0 aliphatic carbocycles. The van der Waals surface area contributed by atoms with Gasteiger partial charge in [-0.2, -0.15) is 4.31 Å². The molecule has 0 bridgehead atoms. The molecule has 1 aromatic heterocycles. The van der Waals surface area contributed by atoms with Crippen molar-refractivity contribution in [2.24, 2.45) is 5.92 Å². The molecule has 0 aliphatic rings. The molecular formula is C32H40N4O5S2. The number of nitrogens with zero attached hydrogens (tertiary/aromatic N) is 2. The molecule has 230 valence electrons. The van der Waals surface area contributed by atoms with E-state index >= 15 is 0 Å². The molecule has 43 heavy (non-hydrogen) atoms. The summed E-state index contributed by atoms with van der Waals surface area (Å²) in [4.78, 5) is 17.3. The maximum Gasteiger partial charge on any atom is 0.258 e. The molecule has 2 atom stereocenters. The van der Waals surface area contributed by atoms with Crippen LogP contribution >= 0.6 is 11.3 Å². The van der Waals surface area contributed by atoms with Crippen LogP contribution in [0.4, 0.5) is 5.13 Å². The van der Waals surface area contributed by atoms with E-state index in [1.807, 2.05) is 76.2 Å². The predicted molar refractivity (Wildman–Crippen MR) is 172 cm³/mol. The van der Waals surface area contributed by atoms with E-state index in [1.165, 1.54) is 15.6 Å². The number of aromatic nitrogens is 1. The molecule has 0 fully saturated rings. The summed E-state index contributed by atoms with van der Waals surface area (Å²) in [6.45, 7) is 7.51. The fourth-order valence-electron chi connectivity index (χ4n) is 4.93. The number of benzene rings is 3. The summed E-state index contributed by atoms with van der Waals surface area (Å²) in [5.41, 5.74) is 3.42. The molecule has 0 radical (unpaired) electrons. The van der Waals surface area contributed by atoms with Crippen LogP contribution in [0.3, 0.4) is 0 Å². The quantitative estimate of drug-likeness (QED) is 0.185. The van der Waals surface area contributed by atoms with Gasteiger partial charge in [0.2, 0.25) is 10.0 Å². The van der Waals surface area contributed by atoms with E-state index in [4.69, 9.17) is 4.74 Å². The number of amides is 1. The lowest BCUT2D eigenvalue weighted by Crippen LogP contribution is -2.53. The third kappa shape index (κ3) is 8.11. The second-order valence-corrected chi connectivity index (χ2v) is 13.9. The van der Waals surface area contributed by atoms with Gasteiger partial charge in [0.15, 0.2) is 11.7 Å². The molecular weight excluding hydrogens is 585 g/mol. The Bertz CT molecular complexity index is 1620. The Morgan fingerprint density at radius 2 is 1.74 bits per heavy atom. The Labute approximate surface area is 258 Å². The number of ether oxygens (including phenoxy) is 1. The van der Waals surface area contributed by atoms with Gasteiger partial charge in [0.1, 0.15) is 5.75 Å². The van der Waals surface area contributed by atoms with Crippen molar-refractivity contribution in [3.63, 3.8) is 0 Å². The zero-order valence-electron chi connectivity index (χ0n) is 25.2. The van der Waals surface area contributed by atoms with Crippen molar-refractivity contribution in [2.75, 3.05) is 32.1 Å². The molecule has 3 aromatic carbocycles. The highest BCUT2D eigenvalue weighted by Gasteiger charge is 2.36. The Kier molecular flexibility index (Phi) is 10.8. The summed E-state index contributed by atoms with van der Waals surface area (Å²) in [6.07, 6.45) is -0.934. The summed E-state index contributed by atoms with van der Waals surface area (Å²) >= 11 is 1.37. The highest BCUT2D eigenvalue weighted by atomic mass is 32.2. The van der Waals surface area contributed by atoms with E-state index in [9.17, 15) is 18.3 Å². The number of para-hydroxylation sites is 1. The number of rotatable bonds is 14. The van der Waals surface area contributed by atoms with Crippen LogP contribution in [0.15, 0.2) is 71.6 Å². The molecule has 11 heteroatoms. The normalized spacial score (nSPS) is 13.3. The standard InChI is InChI=1S/C32H40N4O5S2/c1-21(2)19-36(43(39,40)25-14-15-26-29(17-25)42-32(33-5)35-26)27(16-24-12-7-6-8-13-24)28(37)18-34-30(38)20-41-31-22(3)10-9-11-23(31)4/h6-15,17,21,27-28,37H,16,18-20H2,1-5H3,(H,33,35)(H,34,38). The molecule has 1 heterocycles. The van der Waals surface area contributed by atoms with Crippen molar-refractivity contribution in [3.8, 4) is 5.75 Å². The average molecular weight is 625 g/mol. The summed E-state index contributed by atoms with van der Waals surface area (Å²) in [5, 5.41) is 18.0. The van der Waals surface area contributed by atoms with E-state index in [1.54, 1.807) is 25.2 Å². The first-order chi connectivity index (χ1) is 20.5. The number of hydrogen-bond acceptors (Lipinski definition) is 8. The lowest BCUT2D eigenvalue weighted by atomic mass is 10.00. The molecule has 0 saturated heterocycles. The van der Waals surface area contributed by atoms with Crippen molar-refractivity contribution in [2.45, 2.75) is 51.2 Å². The van der Waals surface area contributed by atoms with Crippen LogP contribution in [0.5, 0.6) is 5.75 Å². The van der Waals surface area contributed by atoms with Crippen molar-refractivity contribution >= 4 is 42.6 Å². The number of carbonyl (C=O) groups excluding carboxylic acids is 1. The van der Waals surface area contributed by atoms with Crippen molar-refractivity contribution in [1.82, 2.24) is 14.6 Å². The minimum absolute atomic E-state index is 0.0244. The van der Waals surface area contributed by atoms with Crippen LogP contribution in [-0.2, 0) is 21.2 Å². The number of carbonyl (C=O) groups is 1. The van der Waals surface area contributed by atoms with Crippen molar-refractivity contribution < 1.29 is 23.1 Å². The number of aliphatic hydroxyl groups is 1. The number of fused-ring (bicyclic) bond motifs is 1. The first-order valence-corrected chi connectivity index (χ1v) is 16.5. The lowest BCUT2D eigenvalue weighted by molar-refractivity contribution is -0.123. The minimum Gasteiger partial charge on any atom is -0.483 e. The maximum absolute atomic E-state index is 14.3. The first kappa shape index (κ1) is 32.4. The number of aliphatic hydroxyl groups excluding tert-OH is 1. The van der Waals surface area contributed by atoms with Gasteiger partial charge in [-0.05, 0) is 61.1 Å². The van der Waals surface area contributed by atoms with Gasteiger partial charge in [0.05, 0.1) is 27.3 Å². The monoisotopic (exact) mass is 624 g/mol. The third-order valence-corrected chi connectivity index (χ3v) is 10.0. The second kappa shape index (κ2) is 14.3. The Balaban J connectivity index is 1.59. The molecule has 1 amide bonds. The van der Waals surface area contributed by atoms with E-state index in [2.05, 4.69) is 15.6 Å². The van der Waals surface area contributed by atoms with E-state index in [-0.39, 0.29) is 36.9 Å². The van der Waals surface area contributed by atoms with Gasteiger partial charge in [0.25, 0.3) is 5.91 Å². The Hall–Kier alpha value is -3.51. The van der Waals surface area contributed by atoms with Crippen LogP contribution < -0.4 is 15.4 Å². The van der Waals surface area contributed by atoms with E-state index in [0.29, 0.717) is 16.4 Å². The minimum atomic E-state index is -4.05. The van der Waals surface area contributed by atoms with E-state index in [0.717, 1.165) is 21.4 Å². The van der Waals surface area contributed by atoms with Gasteiger partial charge < -0.3 is 20.5 Å². The predicted octanol–water partition coefficient (Wildman–Crippen LogP) is 4.77. The number of sulfonamides is 1. The summed E-state index contributed by atoms with van der Waals surface area (Å²) < 4.78 is 36.4. The number of nitrogens with one attached hydrogen (secondary N) is 2. The molecule has 9 nitrogen and oxygen atoms in total. The number of anilines is 1. The largest absolute Gasteiger partial charge is 0.483 e. The zero-order valence-corrected chi connectivity index (χ0v) is 26.8. The molecule has 0 spiro atoms. The topological polar surface area (TPSA) is 121 Å². The third-order valence-electron chi connectivity index (χ3n) is 7.09. The summed E-state index contributed by atoms with van der Waals surface area (Å²) in [7, 11) is -2.28. The Morgan fingerprint density at radius 1 is 1.05 bits per heavy atom. The smallest absolute Gasteiger partial charge is 0.258 e. The van der Waals surface area contributed by atoms with Crippen molar-refractivity contribution in [3.05, 3.63) is 83.4 Å². The van der Waals surface area contributed by atoms with Crippen LogP contribution in [0, 0.1) is 19.8 Å². The van der Waals surface area contributed by atoms with Crippen LogP contribution in [0.25, 0.3) is 10.2 Å². The van der Waals surface area contributed by atoms with Crippen LogP contribution in [0.1, 0.15) is 30.5 Å². The fraction of sp³-hybridized carbons (Fsp3) is 0.375. The van der Waals surface area contributed by atoms with Crippen molar-refractivity contribution in [1.29, 1.82) is 0 Å².